The zero-order valence-corrected chi connectivity index (χ0v) is 20.9. The van der Waals surface area contributed by atoms with E-state index in [1.807, 2.05) is 67.7 Å². The minimum absolute atomic E-state index is 0.295. The van der Waals surface area contributed by atoms with E-state index in [1.165, 1.54) is 11.5 Å². The fourth-order valence-corrected chi connectivity index (χ4v) is 4.17. The molecule has 5 aromatic rings. The fraction of sp³-hybridized carbons (Fsp3) is 0.125. The zero-order valence-electron chi connectivity index (χ0n) is 20.9. The topological polar surface area (TPSA) is 68.4 Å². The summed E-state index contributed by atoms with van der Waals surface area (Å²) in [6, 6.07) is 28.3. The maximum Gasteiger partial charge on any atom is 0.340 e. The van der Waals surface area contributed by atoms with Crippen molar-refractivity contribution in [2.45, 2.75) is 13.8 Å². The van der Waals surface area contributed by atoms with Crippen molar-refractivity contribution in [2.75, 3.05) is 13.2 Å². The van der Waals surface area contributed by atoms with Gasteiger partial charge in [0.25, 0.3) is 0 Å². The summed E-state index contributed by atoms with van der Waals surface area (Å²) in [4.78, 5) is 26.2. The number of H-pyrrole nitrogens is 1. The van der Waals surface area contributed by atoms with Gasteiger partial charge in [-0.2, -0.15) is 0 Å². The van der Waals surface area contributed by atoms with Gasteiger partial charge in [0.05, 0.1) is 18.8 Å². The highest BCUT2D eigenvalue weighted by Crippen LogP contribution is 2.31. The lowest BCUT2D eigenvalue weighted by Gasteiger charge is -2.07. The van der Waals surface area contributed by atoms with Crippen LogP contribution in [0.25, 0.3) is 38.7 Å². The molecule has 37 heavy (non-hydrogen) atoms. The molecule has 0 amide bonds. The van der Waals surface area contributed by atoms with Gasteiger partial charge in [-0.1, -0.05) is 84.9 Å². The van der Waals surface area contributed by atoms with Crippen LogP contribution in [0.1, 0.15) is 29.8 Å². The number of ether oxygens (including phenoxy) is 2. The Morgan fingerprint density at radius 1 is 0.703 bits per heavy atom. The molecule has 1 N–H and O–H groups in total. The number of aromatic nitrogens is 1. The highest BCUT2D eigenvalue weighted by molar-refractivity contribution is 6.04. The predicted molar refractivity (Wildman–Crippen MR) is 149 cm³/mol. The van der Waals surface area contributed by atoms with Gasteiger partial charge in [-0.05, 0) is 52.6 Å². The van der Waals surface area contributed by atoms with Crippen LogP contribution in [-0.4, -0.2) is 30.1 Å². The molecular formula is C32H29NO4. The number of carbonyl (C=O) groups excluding carboxylic acids is 2. The molecule has 0 bridgehead atoms. The monoisotopic (exact) mass is 491 g/mol. The van der Waals surface area contributed by atoms with Crippen LogP contribution in [0.5, 0.6) is 0 Å². The van der Waals surface area contributed by atoms with Crippen LogP contribution in [0.15, 0.2) is 103 Å². The maximum absolute atomic E-state index is 12.0. The summed E-state index contributed by atoms with van der Waals surface area (Å²) in [7, 11) is 0. The second kappa shape index (κ2) is 12.4. The first kappa shape index (κ1) is 25.5. The van der Waals surface area contributed by atoms with Gasteiger partial charge in [0.1, 0.15) is 0 Å². The van der Waals surface area contributed by atoms with E-state index in [1.54, 1.807) is 19.2 Å². The molecule has 0 spiro atoms. The number of esters is 2. The van der Waals surface area contributed by atoms with Gasteiger partial charge < -0.3 is 14.5 Å². The van der Waals surface area contributed by atoms with Gasteiger partial charge in [-0.25, -0.2) is 9.59 Å². The molecule has 186 valence electrons. The van der Waals surface area contributed by atoms with Crippen LogP contribution < -0.4 is 0 Å². The molecule has 0 aliphatic rings. The summed E-state index contributed by atoms with van der Waals surface area (Å²) in [5, 5.41) is 4.58. The van der Waals surface area contributed by atoms with E-state index in [9.17, 15) is 9.59 Å². The van der Waals surface area contributed by atoms with Gasteiger partial charge in [-0.3, -0.25) is 0 Å². The van der Waals surface area contributed by atoms with E-state index < -0.39 is 0 Å². The van der Waals surface area contributed by atoms with Crippen molar-refractivity contribution < 1.29 is 19.1 Å². The SMILES string of the molecule is CCOC(=O)C=Cc1cccc2ccccc12.CCOC(=O)c1c[nH]cc1-c1cccc2ccccc12. The Hall–Kier alpha value is -4.64. The lowest BCUT2D eigenvalue weighted by Crippen LogP contribution is -2.04. The average molecular weight is 492 g/mol. The van der Waals surface area contributed by atoms with Gasteiger partial charge in [0, 0.05) is 24.0 Å². The summed E-state index contributed by atoms with van der Waals surface area (Å²) in [6.07, 6.45) is 6.79. The van der Waals surface area contributed by atoms with Crippen molar-refractivity contribution in [3.63, 3.8) is 0 Å². The van der Waals surface area contributed by atoms with E-state index in [0.717, 1.165) is 32.8 Å². The molecule has 0 saturated heterocycles. The molecular weight excluding hydrogens is 462 g/mol. The third kappa shape index (κ3) is 6.14. The van der Waals surface area contributed by atoms with E-state index in [4.69, 9.17) is 9.47 Å². The van der Waals surface area contributed by atoms with Gasteiger partial charge in [0.15, 0.2) is 0 Å². The lowest BCUT2D eigenvalue weighted by molar-refractivity contribution is -0.137. The van der Waals surface area contributed by atoms with Crippen LogP contribution in [-0.2, 0) is 14.3 Å². The number of benzene rings is 4. The largest absolute Gasteiger partial charge is 0.463 e. The van der Waals surface area contributed by atoms with Crippen molar-refractivity contribution in [1.82, 2.24) is 4.98 Å². The molecule has 5 rings (SSSR count). The van der Waals surface area contributed by atoms with Gasteiger partial charge in [-0.15, -0.1) is 0 Å². The van der Waals surface area contributed by atoms with Crippen molar-refractivity contribution >= 4 is 39.6 Å². The highest BCUT2D eigenvalue weighted by atomic mass is 16.5. The zero-order chi connectivity index (χ0) is 26.0. The molecule has 0 saturated carbocycles. The number of fused-ring (bicyclic) bond motifs is 2. The Kier molecular flexibility index (Phi) is 8.50. The van der Waals surface area contributed by atoms with E-state index in [2.05, 4.69) is 35.3 Å². The summed E-state index contributed by atoms with van der Waals surface area (Å²) in [5.41, 5.74) is 3.51. The predicted octanol–water partition coefficient (Wildman–Crippen LogP) is 7.43. The molecule has 5 nitrogen and oxygen atoms in total. The Labute approximate surface area is 216 Å². The number of rotatable bonds is 6. The van der Waals surface area contributed by atoms with E-state index in [-0.39, 0.29) is 11.9 Å². The number of aromatic amines is 1. The third-order valence-electron chi connectivity index (χ3n) is 5.83. The van der Waals surface area contributed by atoms with Crippen molar-refractivity contribution in [3.8, 4) is 11.1 Å². The molecule has 0 radical (unpaired) electrons. The standard InChI is InChI=1S/C17H15NO2.C15H14O2/c1-2-20-17(19)16-11-18-10-15(16)14-9-5-7-12-6-3-4-8-13(12)14;1-2-17-15(16)11-10-13-8-5-7-12-6-3-4-9-14(12)13/h3-11,18H,2H2,1H3;3-11H,2H2,1H3. The Bertz CT molecular complexity index is 1540. The fourth-order valence-electron chi connectivity index (χ4n) is 4.17. The van der Waals surface area contributed by atoms with Crippen molar-refractivity contribution in [3.05, 3.63) is 115 Å². The highest BCUT2D eigenvalue weighted by Gasteiger charge is 2.16. The molecule has 0 atom stereocenters. The van der Waals surface area contributed by atoms with Crippen LogP contribution >= 0.6 is 0 Å². The van der Waals surface area contributed by atoms with E-state index >= 15 is 0 Å². The molecule has 1 heterocycles. The Morgan fingerprint density at radius 3 is 2.05 bits per heavy atom. The van der Waals surface area contributed by atoms with Crippen LogP contribution in [0.2, 0.25) is 0 Å². The van der Waals surface area contributed by atoms with E-state index in [0.29, 0.717) is 18.8 Å². The van der Waals surface area contributed by atoms with Gasteiger partial charge >= 0.3 is 11.9 Å². The molecule has 1 aromatic heterocycles. The lowest BCUT2D eigenvalue weighted by atomic mass is 9.98. The number of nitrogens with one attached hydrogen (secondary N) is 1. The molecule has 5 heteroatoms. The molecule has 4 aromatic carbocycles. The summed E-state index contributed by atoms with van der Waals surface area (Å²) in [6.45, 7) is 4.38. The smallest absolute Gasteiger partial charge is 0.340 e. The minimum Gasteiger partial charge on any atom is -0.463 e. The van der Waals surface area contributed by atoms with Crippen LogP contribution in [0.4, 0.5) is 0 Å². The maximum atomic E-state index is 12.0. The second-order valence-electron chi connectivity index (χ2n) is 8.18. The average Bonchev–Trinajstić information content (AvgIpc) is 3.42. The minimum atomic E-state index is -0.305. The first-order valence-corrected chi connectivity index (χ1v) is 12.3. The Balaban J connectivity index is 0.000000176. The number of hydrogen-bond donors (Lipinski definition) is 1. The molecule has 0 unspecified atom stereocenters. The van der Waals surface area contributed by atoms with Crippen LogP contribution in [0.3, 0.4) is 0 Å². The summed E-state index contributed by atoms with van der Waals surface area (Å²) >= 11 is 0. The Morgan fingerprint density at radius 2 is 1.32 bits per heavy atom. The third-order valence-corrected chi connectivity index (χ3v) is 5.83. The number of carbonyl (C=O) groups is 2. The quantitative estimate of drug-likeness (QED) is 0.198. The summed E-state index contributed by atoms with van der Waals surface area (Å²) < 4.78 is 9.95. The number of hydrogen-bond acceptors (Lipinski definition) is 4. The van der Waals surface area contributed by atoms with Gasteiger partial charge in [0.2, 0.25) is 0 Å². The van der Waals surface area contributed by atoms with Crippen LogP contribution in [0, 0.1) is 0 Å². The molecule has 0 fully saturated rings. The first-order valence-electron chi connectivity index (χ1n) is 12.3. The second-order valence-corrected chi connectivity index (χ2v) is 8.18. The summed E-state index contributed by atoms with van der Waals surface area (Å²) in [5.74, 6) is -0.600. The van der Waals surface area contributed by atoms with Crippen molar-refractivity contribution in [2.24, 2.45) is 0 Å². The molecule has 0 aliphatic heterocycles. The normalized spacial score (nSPS) is 10.8. The van der Waals surface area contributed by atoms with Crippen molar-refractivity contribution in [1.29, 1.82) is 0 Å². The first-order chi connectivity index (χ1) is 18.1. The molecule has 0 aliphatic carbocycles.